The molecule has 16 heavy (non-hydrogen) atoms. The number of nitrogens with one attached hydrogen (secondary N) is 1. The average Bonchev–Trinajstić information content (AvgIpc) is 2.61. The van der Waals surface area contributed by atoms with E-state index < -0.39 is 5.60 Å². The molecule has 1 fully saturated rings. The Hall–Kier alpha value is -0.810. The van der Waals surface area contributed by atoms with Gasteiger partial charge in [-0.3, -0.25) is 0 Å². The van der Waals surface area contributed by atoms with Gasteiger partial charge >= 0.3 is 6.09 Å². The summed E-state index contributed by atoms with van der Waals surface area (Å²) in [6.07, 6.45) is -0.263. The number of rotatable bonds is 2. The van der Waals surface area contributed by atoms with E-state index in [9.17, 15) is 4.79 Å². The number of hydrogen-bond donors (Lipinski definition) is 1. The number of nitrogens with zero attached hydrogens (tertiary/aromatic N) is 1. The SMILES string of the molecule is CO[C@H]1CNC[C@H]1N(C)C(=O)OC(C)(C)C. The van der Waals surface area contributed by atoms with Gasteiger partial charge in [0.15, 0.2) is 0 Å². The fraction of sp³-hybridized carbons (Fsp3) is 0.909. The van der Waals surface area contributed by atoms with Crippen molar-refractivity contribution in [3.8, 4) is 0 Å². The van der Waals surface area contributed by atoms with Crippen LogP contribution in [-0.4, -0.2) is 56.0 Å². The van der Waals surface area contributed by atoms with Gasteiger partial charge in [-0.15, -0.1) is 0 Å². The Balaban J connectivity index is 2.56. The Labute approximate surface area is 97.1 Å². The third kappa shape index (κ3) is 3.35. The van der Waals surface area contributed by atoms with Crippen LogP contribution >= 0.6 is 0 Å². The highest BCUT2D eigenvalue weighted by Gasteiger charge is 2.34. The molecule has 2 atom stereocenters. The topological polar surface area (TPSA) is 50.8 Å². The number of likely N-dealkylation sites (N-methyl/N-ethyl adjacent to an activating group) is 1. The first-order valence-electron chi connectivity index (χ1n) is 5.54. The van der Waals surface area contributed by atoms with E-state index in [0.717, 1.165) is 13.1 Å². The predicted octanol–water partition coefficient (Wildman–Crippen LogP) is 0.840. The summed E-state index contributed by atoms with van der Waals surface area (Å²) in [5.74, 6) is 0. The highest BCUT2D eigenvalue weighted by atomic mass is 16.6. The molecule has 0 aromatic carbocycles. The molecule has 94 valence electrons. The van der Waals surface area contributed by atoms with Crippen molar-refractivity contribution in [1.29, 1.82) is 0 Å². The number of amides is 1. The van der Waals surface area contributed by atoms with E-state index >= 15 is 0 Å². The van der Waals surface area contributed by atoms with Gasteiger partial charge in [-0.25, -0.2) is 4.79 Å². The van der Waals surface area contributed by atoms with E-state index in [1.807, 2.05) is 20.8 Å². The van der Waals surface area contributed by atoms with E-state index in [4.69, 9.17) is 9.47 Å². The molecule has 0 spiro atoms. The van der Waals surface area contributed by atoms with Gasteiger partial charge in [0.1, 0.15) is 5.60 Å². The second kappa shape index (κ2) is 5.01. The second-order valence-electron chi connectivity index (χ2n) is 5.09. The van der Waals surface area contributed by atoms with Crippen molar-refractivity contribution in [2.24, 2.45) is 0 Å². The standard InChI is InChI=1S/C11H22N2O3/c1-11(2,3)16-10(14)13(4)8-6-12-7-9(8)15-5/h8-9,12H,6-7H2,1-5H3/t8-,9+/m1/s1. The van der Waals surface area contributed by atoms with E-state index in [0.29, 0.717) is 0 Å². The van der Waals surface area contributed by atoms with Gasteiger partial charge in [0.25, 0.3) is 0 Å². The fourth-order valence-electron chi connectivity index (χ4n) is 1.74. The third-order valence-electron chi connectivity index (χ3n) is 2.61. The van der Waals surface area contributed by atoms with Gasteiger partial charge in [0.2, 0.25) is 0 Å². The summed E-state index contributed by atoms with van der Waals surface area (Å²) in [7, 11) is 3.41. The number of ether oxygens (including phenoxy) is 2. The molecule has 0 bridgehead atoms. The molecule has 0 saturated carbocycles. The summed E-state index contributed by atoms with van der Waals surface area (Å²) in [5.41, 5.74) is -0.458. The van der Waals surface area contributed by atoms with Crippen LogP contribution in [-0.2, 0) is 9.47 Å². The van der Waals surface area contributed by atoms with Crippen molar-refractivity contribution in [2.75, 3.05) is 27.2 Å². The van der Waals surface area contributed by atoms with Crippen LogP contribution in [0.2, 0.25) is 0 Å². The Kier molecular flexibility index (Phi) is 4.15. The molecule has 0 aliphatic carbocycles. The molecule has 1 N–H and O–H groups in total. The fourth-order valence-corrected chi connectivity index (χ4v) is 1.74. The van der Waals surface area contributed by atoms with E-state index in [-0.39, 0.29) is 18.2 Å². The van der Waals surface area contributed by atoms with Crippen molar-refractivity contribution in [1.82, 2.24) is 10.2 Å². The maximum absolute atomic E-state index is 11.8. The minimum Gasteiger partial charge on any atom is -0.444 e. The van der Waals surface area contributed by atoms with E-state index in [1.165, 1.54) is 0 Å². The molecule has 1 heterocycles. The number of carbonyl (C=O) groups excluding carboxylic acids is 1. The maximum atomic E-state index is 11.8. The quantitative estimate of drug-likeness (QED) is 0.763. The van der Waals surface area contributed by atoms with E-state index in [1.54, 1.807) is 19.1 Å². The van der Waals surface area contributed by atoms with Crippen molar-refractivity contribution >= 4 is 6.09 Å². The highest BCUT2D eigenvalue weighted by molar-refractivity contribution is 5.68. The maximum Gasteiger partial charge on any atom is 0.410 e. The molecule has 0 unspecified atom stereocenters. The Bertz CT molecular complexity index is 250. The lowest BCUT2D eigenvalue weighted by Gasteiger charge is -2.30. The van der Waals surface area contributed by atoms with E-state index in [2.05, 4.69) is 5.32 Å². The van der Waals surface area contributed by atoms with Gasteiger partial charge < -0.3 is 19.7 Å². The average molecular weight is 230 g/mol. The molecule has 1 aliphatic rings. The number of hydrogen-bond acceptors (Lipinski definition) is 4. The molecule has 0 aromatic heterocycles. The molecular weight excluding hydrogens is 208 g/mol. The normalized spacial score (nSPS) is 25.6. The second-order valence-corrected chi connectivity index (χ2v) is 5.09. The van der Waals surface area contributed by atoms with Crippen LogP contribution in [0.4, 0.5) is 4.79 Å². The van der Waals surface area contributed by atoms with Gasteiger partial charge in [0.05, 0.1) is 12.1 Å². The molecule has 5 heteroatoms. The number of carbonyl (C=O) groups is 1. The van der Waals surface area contributed by atoms with Crippen molar-refractivity contribution in [3.63, 3.8) is 0 Å². The number of methoxy groups -OCH3 is 1. The van der Waals surface area contributed by atoms with Crippen molar-refractivity contribution in [3.05, 3.63) is 0 Å². The smallest absolute Gasteiger partial charge is 0.410 e. The van der Waals surface area contributed by atoms with Gasteiger partial charge in [-0.1, -0.05) is 0 Å². The third-order valence-corrected chi connectivity index (χ3v) is 2.61. The Morgan fingerprint density at radius 1 is 1.38 bits per heavy atom. The summed E-state index contributed by atoms with van der Waals surface area (Å²) < 4.78 is 10.6. The monoisotopic (exact) mass is 230 g/mol. The van der Waals surface area contributed by atoms with Crippen LogP contribution in [0.3, 0.4) is 0 Å². The highest BCUT2D eigenvalue weighted by Crippen LogP contribution is 2.15. The Morgan fingerprint density at radius 3 is 2.50 bits per heavy atom. The van der Waals surface area contributed by atoms with Crippen LogP contribution in [0.25, 0.3) is 0 Å². The van der Waals surface area contributed by atoms with Crippen LogP contribution in [0.15, 0.2) is 0 Å². The first kappa shape index (κ1) is 13.3. The van der Waals surface area contributed by atoms with Crippen LogP contribution in [0.1, 0.15) is 20.8 Å². The largest absolute Gasteiger partial charge is 0.444 e. The molecule has 5 nitrogen and oxygen atoms in total. The lowest BCUT2D eigenvalue weighted by molar-refractivity contribution is 0.00378. The van der Waals surface area contributed by atoms with Gasteiger partial charge in [-0.2, -0.15) is 0 Å². The summed E-state index contributed by atoms with van der Waals surface area (Å²) in [5, 5.41) is 3.20. The van der Waals surface area contributed by atoms with Crippen LogP contribution < -0.4 is 5.32 Å². The molecule has 1 aliphatic heterocycles. The molecule has 1 amide bonds. The Morgan fingerprint density at radius 2 is 2.00 bits per heavy atom. The molecule has 0 aromatic rings. The lowest BCUT2D eigenvalue weighted by Crippen LogP contribution is -2.46. The van der Waals surface area contributed by atoms with Crippen molar-refractivity contribution < 1.29 is 14.3 Å². The van der Waals surface area contributed by atoms with Gasteiger partial charge in [0, 0.05) is 27.2 Å². The molecule has 1 saturated heterocycles. The first-order valence-corrected chi connectivity index (χ1v) is 5.54. The predicted molar refractivity (Wildman–Crippen MR) is 61.5 cm³/mol. The summed E-state index contributed by atoms with van der Waals surface area (Å²) in [6, 6.07) is 0.0415. The van der Waals surface area contributed by atoms with Crippen molar-refractivity contribution in [2.45, 2.75) is 38.5 Å². The minimum absolute atomic E-state index is 0.0394. The summed E-state index contributed by atoms with van der Waals surface area (Å²) >= 11 is 0. The molecular formula is C11H22N2O3. The first-order chi connectivity index (χ1) is 7.35. The summed E-state index contributed by atoms with van der Waals surface area (Å²) in [6.45, 7) is 7.10. The lowest BCUT2D eigenvalue weighted by atomic mass is 10.2. The summed E-state index contributed by atoms with van der Waals surface area (Å²) in [4.78, 5) is 13.4. The van der Waals surface area contributed by atoms with Crippen LogP contribution in [0.5, 0.6) is 0 Å². The molecule has 1 rings (SSSR count). The molecule has 0 radical (unpaired) electrons. The van der Waals surface area contributed by atoms with Gasteiger partial charge in [-0.05, 0) is 20.8 Å². The zero-order chi connectivity index (χ0) is 12.3. The zero-order valence-electron chi connectivity index (χ0n) is 10.7. The zero-order valence-corrected chi connectivity index (χ0v) is 10.7. The van der Waals surface area contributed by atoms with Crippen LogP contribution in [0, 0.1) is 0 Å². The minimum atomic E-state index is -0.458.